The van der Waals surface area contributed by atoms with Crippen LogP contribution in [0.5, 0.6) is 11.5 Å². The van der Waals surface area contributed by atoms with E-state index in [1.807, 2.05) is 0 Å². The maximum Gasteiger partial charge on any atom is 0.231 e. The van der Waals surface area contributed by atoms with Gasteiger partial charge in [0.1, 0.15) is 0 Å². The van der Waals surface area contributed by atoms with Crippen molar-refractivity contribution >= 4 is 0 Å². The Kier molecular flexibility index (Phi) is 2.31. The fourth-order valence-corrected chi connectivity index (χ4v) is 3.56. The Morgan fingerprint density at radius 3 is 2.56 bits per heavy atom. The lowest BCUT2D eigenvalue weighted by molar-refractivity contribution is 0.0975. The van der Waals surface area contributed by atoms with Crippen molar-refractivity contribution in [3.05, 3.63) is 23.8 Å². The van der Waals surface area contributed by atoms with E-state index >= 15 is 0 Å². The van der Waals surface area contributed by atoms with Gasteiger partial charge in [0.25, 0.3) is 0 Å². The first-order valence-electron chi connectivity index (χ1n) is 6.95. The summed E-state index contributed by atoms with van der Waals surface area (Å²) in [5, 5.41) is 3.42. The second-order valence-corrected chi connectivity index (χ2v) is 5.99. The summed E-state index contributed by atoms with van der Waals surface area (Å²) in [6, 6.07) is 6.46. The number of hydrogen-bond acceptors (Lipinski definition) is 3. The van der Waals surface area contributed by atoms with Crippen LogP contribution in [0.4, 0.5) is 0 Å². The van der Waals surface area contributed by atoms with Gasteiger partial charge >= 0.3 is 0 Å². The molecule has 3 nitrogen and oxygen atoms in total. The lowest BCUT2D eigenvalue weighted by Crippen LogP contribution is -2.54. The molecule has 3 heteroatoms. The number of hydrogen-bond donors (Lipinski definition) is 1. The van der Waals surface area contributed by atoms with Gasteiger partial charge in [-0.2, -0.15) is 0 Å². The molecule has 2 aliphatic heterocycles. The Hall–Kier alpha value is -1.22. The third-order valence-electron chi connectivity index (χ3n) is 4.91. The molecule has 1 spiro atoms. The smallest absolute Gasteiger partial charge is 0.231 e. The second kappa shape index (κ2) is 3.89. The zero-order valence-electron chi connectivity index (χ0n) is 10.6. The lowest BCUT2D eigenvalue weighted by Gasteiger charge is -2.47. The largest absolute Gasteiger partial charge is 0.454 e. The quantitative estimate of drug-likeness (QED) is 0.825. The molecule has 0 amide bonds. The van der Waals surface area contributed by atoms with Gasteiger partial charge in [0.05, 0.1) is 0 Å². The Bertz CT molecular complexity index is 458. The van der Waals surface area contributed by atoms with Gasteiger partial charge in [-0.3, -0.25) is 0 Å². The number of ether oxygens (including phenoxy) is 2. The van der Waals surface area contributed by atoms with Crippen molar-refractivity contribution in [3.63, 3.8) is 0 Å². The van der Waals surface area contributed by atoms with E-state index in [1.54, 1.807) is 0 Å². The SMILES string of the molecule is c1cc2c(cc1C1CCC3(CC1)CNC3)OCO2. The molecule has 0 aromatic heterocycles. The first-order chi connectivity index (χ1) is 8.85. The molecule has 3 aliphatic rings. The molecule has 1 saturated heterocycles. The van der Waals surface area contributed by atoms with E-state index in [-0.39, 0.29) is 0 Å². The Morgan fingerprint density at radius 1 is 1.06 bits per heavy atom. The third kappa shape index (κ3) is 1.61. The van der Waals surface area contributed by atoms with Crippen molar-refractivity contribution in [2.75, 3.05) is 19.9 Å². The molecule has 18 heavy (non-hydrogen) atoms. The molecule has 0 unspecified atom stereocenters. The first kappa shape index (κ1) is 10.7. The maximum atomic E-state index is 5.47. The highest BCUT2D eigenvalue weighted by Crippen LogP contribution is 2.46. The van der Waals surface area contributed by atoms with E-state index < -0.39 is 0 Å². The fraction of sp³-hybridized carbons (Fsp3) is 0.600. The Morgan fingerprint density at radius 2 is 1.83 bits per heavy atom. The number of fused-ring (bicyclic) bond motifs is 1. The van der Waals surface area contributed by atoms with Crippen LogP contribution < -0.4 is 14.8 Å². The maximum absolute atomic E-state index is 5.47. The highest BCUT2D eigenvalue weighted by atomic mass is 16.7. The predicted octanol–water partition coefficient (Wildman–Crippen LogP) is 2.66. The van der Waals surface area contributed by atoms with Crippen LogP contribution in [0.15, 0.2) is 18.2 Å². The standard InChI is InChI=1S/C15H19NO2/c1-2-13-14(18-10-17-13)7-12(1)11-3-5-15(6-4-11)8-16-9-15/h1-2,7,11,16H,3-6,8-10H2. The van der Waals surface area contributed by atoms with Gasteiger partial charge in [0.15, 0.2) is 11.5 Å². The highest BCUT2D eigenvalue weighted by molar-refractivity contribution is 5.45. The predicted molar refractivity (Wildman–Crippen MR) is 69.1 cm³/mol. The van der Waals surface area contributed by atoms with Crippen LogP contribution in [-0.4, -0.2) is 19.9 Å². The summed E-state index contributed by atoms with van der Waals surface area (Å²) in [5.74, 6) is 2.54. The van der Waals surface area contributed by atoms with Crippen LogP contribution in [0.1, 0.15) is 37.2 Å². The summed E-state index contributed by atoms with van der Waals surface area (Å²) < 4.78 is 10.8. The third-order valence-corrected chi connectivity index (χ3v) is 4.91. The van der Waals surface area contributed by atoms with Gasteiger partial charge < -0.3 is 14.8 Å². The van der Waals surface area contributed by atoms with Crippen molar-refractivity contribution in [2.45, 2.75) is 31.6 Å². The summed E-state index contributed by atoms with van der Waals surface area (Å²) in [4.78, 5) is 0. The van der Waals surface area contributed by atoms with Gasteiger partial charge in [-0.05, 0) is 54.7 Å². The molecule has 4 rings (SSSR count). The minimum atomic E-state index is 0.373. The molecule has 1 N–H and O–H groups in total. The molecule has 1 aliphatic carbocycles. The van der Waals surface area contributed by atoms with Crippen molar-refractivity contribution in [1.82, 2.24) is 5.32 Å². The van der Waals surface area contributed by atoms with E-state index in [1.165, 1.54) is 44.3 Å². The average Bonchev–Trinajstić information content (AvgIpc) is 2.84. The number of rotatable bonds is 1. The van der Waals surface area contributed by atoms with Gasteiger partial charge in [0, 0.05) is 13.1 Å². The topological polar surface area (TPSA) is 30.5 Å². The molecule has 0 atom stereocenters. The second-order valence-electron chi connectivity index (χ2n) is 5.99. The van der Waals surface area contributed by atoms with Gasteiger partial charge in [-0.1, -0.05) is 6.07 Å². The van der Waals surface area contributed by atoms with E-state index in [0.717, 1.165) is 11.5 Å². The van der Waals surface area contributed by atoms with Crippen LogP contribution in [0.2, 0.25) is 0 Å². The van der Waals surface area contributed by atoms with Crippen molar-refractivity contribution in [1.29, 1.82) is 0 Å². The number of benzene rings is 1. The molecule has 96 valence electrons. The van der Waals surface area contributed by atoms with Crippen molar-refractivity contribution in [2.24, 2.45) is 5.41 Å². The summed E-state index contributed by atoms with van der Waals surface area (Å²) in [5.41, 5.74) is 2.08. The van der Waals surface area contributed by atoms with E-state index in [0.29, 0.717) is 18.1 Å². The zero-order valence-corrected chi connectivity index (χ0v) is 10.6. The summed E-state index contributed by atoms with van der Waals surface area (Å²) in [6.07, 6.45) is 5.39. The lowest BCUT2D eigenvalue weighted by atomic mass is 9.66. The summed E-state index contributed by atoms with van der Waals surface area (Å²) in [6.45, 7) is 2.85. The molecule has 0 bridgehead atoms. The Labute approximate surface area is 107 Å². The van der Waals surface area contributed by atoms with Crippen LogP contribution in [0, 0.1) is 5.41 Å². The monoisotopic (exact) mass is 245 g/mol. The van der Waals surface area contributed by atoms with Crippen LogP contribution in [-0.2, 0) is 0 Å². The summed E-state index contributed by atoms with van der Waals surface area (Å²) >= 11 is 0. The Balaban J connectivity index is 1.50. The van der Waals surface area contributed by atoms with Crippen LogP contribution in [0.3, 0.4) is 0 Å². The minimum Gasteiger partial charge on any atom is -0.454 e. The van der Waals surface area contributed by atoms with Crippen LogP contribution >= 0.6 is 0 Å². The van der Waals surface area contributed by atoms with E-state index in [9.17, 15) is 0 Å². The zero-order chi connectivity index (χ0) is 12.0. The minimum absolute atomic E-state index is 0.373. The van der Waals surface area contributed by atoms with Gasteiger partial charge in [-0.25, -0.2) is 0 Å². The molecular weight excluding hydrogens is 226 g/mol. The first-order valence-corrected chi connectivity index (χ1v) is 6.95. The number of nitrogens with one attached hydrogen (secondary N) is 1. The molecule has 1 aromatic carbocycles. The molecule has 2 fully saturated rings. The molecule has 2 heterocycles. The van der Waals surface area contributed by atoms with Gasteiger partial charge in [-0.15, -0.1) is 0 Å². The van der Waals surface area contributed by atoms with Gasteiger partial charge in [0.2, 0.25) is 6.79 Å². The molecule has 1 aromatic rings. The molecule has 0 radical (unpaired) electrons. The molecular formula is C15H19NO2. The molecule has 1 saturated carbocycles. The van der Waals surface area contributed by atoms with Crippen LogP contribution in [0.25, 0.3) is 0 Å². The highest BCUT2D eigenvalue weighted by Gasteiger charge is 2.40. The normalized spacial score (nSPS) is 25.1. The van der Waals surface area contributed by atoms with E-state index in [2.05, 4.69) is 23.5 Å². The van der Waals surface area contributed by atoms with Crippen molar-refractivity contribution < 1.29 is 9.47 Å². The summed E-state index contributed by atoms with van der Waals surface area (Å²) in [7, 11) is 0. The fourth-order valence-electron chi connectivity index (χ4n) is 3.56. The average molecular weight is 245 g/mol. The van der Waals surface area contributed by atoms with Crippen molar-refractivity contribution in [3.8, 4) is 11.5 Å². The van der Waals surface area contributed by atoms with E-state index in [4.69, 9.17) is 9.47 Å².